The quantitative estimate of drug-likeness (QED) is 0.839. The lowest BCUT2D eigenvalue weighted by atomic mass is 10.1. The monoisotopic (exact) mass is 294 g/mol. The Kier molecular flexibility index (Phi) is 4.21. The van der Waals surface area contributed by atoms with E-state index in [4.69, 9.17) is 12.2 Å². The van der Waals surface area contributed by atoms with Crippen LogP contribution in [0.4, 0.5) is 5.69 Å². The van der Waals surface area contributed by atoms with Crippen LogP contribution in [0.1, 0.15) is 17.5 Å². The average Bonchev–Trinajstić information content (AvgIpc) is 2.63. The van der Waals surface area contributed by atoms with Gasteiger partial charge in [0.05, 0.1) is 5.25 Å². The number of rotatable bonds is 3. The van der Waals surface area contributed by atoms with E-state index in [-0.39, 0.29) is 18.2 Å². The number of aryl methyl sites for hydroxylation is 2. The van der Waals surface area contributed by atoms with E-state index >= 15 is 0 Å². The number of thiocarbonyl (C=S) groups is 1. The Morgan fingerprint density at radius 2 is 2.05 bits per heavy atom. The zero-order valence-electron chi connectivity index (χ0n) is 10.6. The number of hydrogen-bond acceptors (Lipinski definition) is 4. The van der Waals surface area contributed by atoms with Gasteiger partial charge in [0, 0.05) is 12.1 Å². The van der Waals surface area contributed by atoms with Gasteiger partial charge in [-0.25, -0.2) is 0 Å². The highest BCUT2D eigenvalue weighted by Gasteiger charge is 2.31. The molecule has 1 heterocycles. The van der Waals surface area contributed by atoms with Gasteiger partial charge in [-0.15, -0.1) is 0 Å². The molecular formula is C13H14N2O2S2. The van der Waals surface area contributed by atoms with Crippen molar-refractivity contribution < 1.29 is 9.59 Å². The highest BCUT2D eigenvalue weighted by molar-refractivity contribution is 8.24. The third kappa shape index (κ3) is 3.33. The molecule has 4 nitrogen and oxygen atoms in total. The van der Waals surface area contributed by atoms with Crippen LogP contribution in [0.2, 0.25) is 0 Å². The van der Waals surface area contributed by atoms with Crippen molar-refractivity contribution >= 4 is 45.8 Å². The predicted octanol–water partition coefficient (Wildman–Crippen LogP) is 2.15. The lowest BCUT2D eigenvalue weighted by Crippen LogP contribution is -2.27. The summed E-state index contributed by atoms with van der Waals surface area (Å²) in [6.07, 6.45) is 0.129. The van der Waals surface area contributed by atoms with Gasteiger partial charge in [0.2, 0.25) is 11.8 Å². The molecule has 0 radical (unpaired) electrons. The molecule has 2 N–H and O–H groups in total. The molecule has 2 amide bonds. The number of carbonyl (C=O) groups excluding carboxylic acids is 2. The molecule has 0 unspecified atom stereocenters. The van der Waals surface area contributed by atoms with Crippen LogP contribution >= 0.6 is 24.0 Å². The van der Waals surface area contributed by atoms with Gasteiger partial charge >= 0.3 is 0 Å². The fourth-order valence-corrected chi connectivity index (χ4v) is 3.17. The maximum atomic E-state index is 12.0. The first-order valence-electron chi connectivity index (χ1n) is 5.85. The zero-order valence-corrected chi connectivity index (χ0v) is 12.3. The summed E-state index contributed by atoms with van der Waals surface area (Å²) in [6, 6.07) is 5.82. The fourth-order valence-electron chi connectivity index (χ4n) is 1.90. The number of hydrogen-bond donors (Lipinski definition) is 2. The molecule has 19 heavy (non-hydrogen) atoms. The molecule has 1 fully saturated rings. The van der Waals surface area contributed by atoms with E-state index in [0.717, 1.165) is 16.8 Å². The number of benzene rings is 1. The van der Waals surface area contributed by atoms with Crippen molar-refractivity contribution in [3.8, 4) is 0 Å². The van der Waals surface area contributed by atoms with Gasteiger partial charge in [0.25, 0.3) is 0 Å². The Morgan fingerprint density at radius 3 is 2.58 bits per heavy atom. The van der Waals surface area contributed by atoms with Crippen molar-refractivity contribution in [2.75, 3.05) is 5.32 Å². The second kappa shape index (κ2) is 5.71. The maximum Gasteiger partial charge on any atom is 0.239 e. The van der Waals surface area contributed by atoms with Crippen molar-refractivity contribution in [3.63, 3.8) is 0 Å². The first kappa shape index (κ1) is 14.0. The zero-order chi connectivity index (χ0) is 14.0. The minimum Gasteiger partial charge on any atom is -0.326 e. The van der Waals surface area contributed by atoms with E-state index in [1.54, 1.807) is 0 Å². The summed E-state index contributed by atoms with van der Waals surface area (Å²) in [6.45, 7) is 3.88. The molecule has 1 atom stereocenters. The molecule has 0 aromatic heterocycles. The molecule has 0 spiro atoms. The topological polar surface area (TPSA) is 58.2 Å². The van der Waals surface area contributed by atoms with Gasteiger partial charge in [0.1, 0.15) is 4.32 Å². The maximum absolute atomic E-state index is 12.0. The highest BCUT2D eigenvalue weighted by atomic mass is 32.2. The number of amides is 2. The molecule has 0 saturated carbocycles. The summed E-state index contributed by atoms with van der Waals surface area (Å²) in [7, 11) is 0. The lowest BCUT2D eigenvalue weighted by molar-refractivity contribution is -0.122. The molecule has 1 saturated heterocycles. The molecule has 1 aromatic rings. The number of para-hydroxylation sites is 1. The Hall–Kier alpha value is -1.40. The molecule has 6 heteroatoms. The van der Waals surface area contributed by atoms with Gasteiger partial charge in [-0.3, -0.25) is 9.59 Å². The summed E-state index contributed by atoms with van der Waals surface area (Å²) in [5.74, 6) is -0.360. The largest absolute Gasteiger partial charge is 0.326 e. The summed E-state index contributed by atoms with van der Waals surface area (Å²) >= 11 is 6.13. The first-order chi connectivity index (χ1) is 8.97. The number of carbonyl (C=O) groups is 2. The van der Waals surface area contributed by atoms with Crippen LogP contribution in [-0.2, 0) is 9.59 Å². The highest BCUT2D eigenvalue weighted by Crippen LogP contribution is 2.24. The van der Waals surface area contributed by atoms with E-state index < -0.39 is 5.25 Å². The van der Waals surface area contributed by atoms with Gasteiger partial charge in [-0.2, -0.15) is 0 Å². The molecule has 0 aliphatic carbocycles. The van der Waals surface area contributed by atoms with E-state index in [0.29, 0.717) is 4.32 Å². The van der Waals surface area contributed by atoms with Crippen LogP contribution in [-0.4, -0.2) is 21.4 Å². The van der Waals surface area contributed by atoms with Gasteiger partial charge in [0.15, 0.2) is 0 Å². The molecule has 2 rings (SSSR count). The van der Waals surface area contributed by atoms with Crippen molar-refractivity contribution in [1.82, 2.24) is 5.32 Å². The smallest absolute Gasteiger partial charge is 0.239 e. The number of thioether (sulfide) groups is 1. The van der Waals surface area contributed by atoms with Crippen molar-refractivity contribution in [1.29, 1.82) is 0 Å². The molecule has 1 aliphatic rings. The van der Waals surface area contributed by atoms with Crippen molar-refractivity contribution in [2.24, 2.45) is 0 Å². The summed E-state index contributed by atoms with van der Waals surface area (Å²) in [4.78, 5) is 23.5. The Bertz CT molecular complexity index is 537. The minimum atomic E-state index is -0.420. The summed E-state index contributed by atoms with van der Waals surface area (Å²) in [5.41, 5.74) is 2.83. The second-order valence-electron chi connectivity index (χ2n) is 4.40. The molecule has 100 valence electrons. The summed E-state index contributed by atoms with van der Waals surface area (Å²) in [5, 5.41) is 4.98. The summed E-state index contributed by atoms with van der Waals surface area (Å²) < 4.78 is 0.440. The van der Waals surface area contributed by atoms with Crippen LogP contribution in [0, 0.1) is 13.8 Å². The van der Waals surface area contributed by atoms with E-state index in [9.17, 15) is 9.59 Å². The van der Waals surface area contributed by atoms with E-state index in [1.807, 2.05) is 32.0 Å². The van der Waals surface area contributed by atoms with Crippen molar-refractivity contribution in [3.05, 3.63) is 29.3 Å². The molecular weight excluding hydrogens is 280 g/mol. The third-order valence-corrected chi connectivity index (χ3v) is 4.26. The molecule has 1 aromatic carbocycles. The standard InChI is InChI=1S/C13H14N2O2S2/c1-7-4-3-5-8(2)11(7)14-10(16)6-9-12(17)15-13(18)19-9/h3-5,9H,6H2,1-2H3,(H,14,16)(H,15,17,18)/t9-/m0/s1. The first-order valence-corrected chi connectivity index (χ1v) is 7.13. The molecule has 0 bridgehead atoms. The van der Waals surface area contributed by atoms with E-state index in [1.165, 1.54) is 11.8 Å². The number of anilines is 1. The Balaban J connectivity index is 2.02. The van der Waals surface area contributed by atoms with Crippen molar-refractivity contribution in [2.45, 2.75) is 25.5 Å². The lowest BCUT2D eigenvalue weighted by Gasteiger charge is -2.12. The van der Waals surface area contributed by atoms with Gasteiger partial charge in [-0.1, -0.05) is 42.2 Å². The number of nitrogens with one attached hydrogen (secondary N) is 2. The average molecular weight is 294 g/mol. The Labute approximate surface area is 121 Å². The second-order valence-corrected chi connectivity index (χ2v) is 6.28. The predicted molar refractivity (Wildman–Crippen MR) is 81.3 cm³/mol. The van der Waals surface area contributed by atoms with Crippen LogP contribution < -0.4 is 10.6 Å². The van der Waals surface area contributed by atoms with Gasteiger partial charge < -0.3 is 10.6 Å². The Morgan fingerprint density at radius 1 is 1.42 bits per heavy atom. The molecule has 1 aliphatic heterocycles. The third-order valence-electron chi connectivity index (χ3n) is 2.88. The van der Waals surface area contributed by atoms with Crippen LogP contribution in [0.25, 0.3) is 0 Å². The normalized spacial score (nSPS) is 18.3. The minimum absolute atomic E-state index is 0.129. The van der Waals surface area contributed by atoms with Crippen LogP contribution in [0.3, 0.4) is 0 Å². The van der Waals surface area contributed by atoms with E-state index in [2.05, 4.69) is 10.6 Å². The van der Waals surface area contributed by atoms with Crippen LogP contribution in [0.15, 0.2) is 18.2 Å². The SMILES string of the molecule is Cc1cccc(C)c1NC(=O)C[C@@H]1SC(=S)NC1=O. The van der Waals surface area contributed by atoms with Gasteiger partial charge in [-0.05, 0) is 25.0 Å². The fraction of sp³-hybridized carbons (Fsp3) is 0.308. The van der Waals surface area contributed by atoms with Crippen LogP contribution in [0.5, 0.6) is 0 Å².